The Kier molecular flexibility index (Phi) is 5.50. The van der Waals surface area contributed by atoms with Crippen LogP contribution >= 0.6 is 0 Å². The minimum absolute atomic E-state index is 0.0647. The zero-order valence-electron chi connectivity index (χ0n) is 21.9. The summed E-state index contributed by atoms with van der Waals surface area (Å²) in [6.45, 7) is 15.6. The summed E-state index contributed by atoms with van der Waals surface area (Å²) in [6.07, 6.45) is 0.299. The summed E-state index contributed by atoms with van der Waals surface area (Å²) in [6, 6.07) is 1.79. The van der Waals surface area contributed by atoms with Crippen LogP contribution in [-0.4, -0.2) is 43.4 Å². The van der Waals surface area contributed by atoms with Crippen LogP contribution in [0, 0.1) is 29.6 Å². The number of aryl methyl sites for hydroxylation is 1. The van der Waals surface area contributed by atoms with Gasteiger partial charge in [-0.2, -0.15) is 0 Å². The third-order valence-corrected chi connectivity index (χ3v) is 8.66. The lowest BCUT2D eigenvalue weighted by Gasteiger charge is -2.59. The summed E-state index contributed by atoms with van der Waals surface area (Å²) in [5.74, 6) is -5.22. The molecule has 1 aromatic rings. The maximum absolute atomic E-state index is 14.2. The second-order valence-corrected chi connectivity index (χ2v) is 11.7. The van der Waals surface area contributed by atoms with E-state index in [2.05, 4.69) is 6.58 Å². The van der Waals surface area contributed by atoms with Crippen LogP contribution < -0.4 is 0 Å². The number of ketones is 3. The van der Waals surface area contributed by atoms with Gasteiger partial charge in [0, 0.05) is 22.3 Å². The van der Waals surface area contributed by atoms with Crippen molar-refractivity contribution in [3.8, 4) is 5.75 Å². The molecule has 36 heavy (non-hydrogen) atoms. The number of Topliss-reactive ketones (excluding diaryl/α,β-unsaturated/α-hetero) is 3. The summed E-state index contributed by atoms with van der Waals surface area (Å²) in [7, 11) is 0. The van der Waals surface area contributed by atoms with Crippen LogP contribution in [0.25, 0.3) is 11.3 Å². The molecule has 3 aliphatic carbocycles. The molecule has 0 aromatic heterocycles. The molecule has 4 atom stereocenters. The third kappa shape index (κ3) is 2.92. The number of aliphatic hydroxyl groups is 3. The lowest BCUT2D eigenvalue weighted by Crippen LogP contribution is -2.69. The van der Waals surface area contributed by atoms with Gasteiger partial charge < -0.3 is 20.4 Å². The summed E-state index contributed by atoms with van der Waals surface area (Å²) >= 11 is 0. The van der Waals surface area contributed by atoms with E-state index in [1.165, 1.54) is 0 Å². The molecule has 1 saturated carbocycles. The molecule has 1 aromatic carbocycles. The SMILES string of the molecule is C=C(C)c1cc(C)c(O)c2c1C[C@]1(C)C[C@]3(C)C(C(C)C)C(=O)C(C(C)=O)=C(O)[C@]3(O)C(=O)C1=C2O. The van der Waals surface area contributed by atoms with Crippen molar-refractivity contribution in [2.24, 2.45) is 22.7 Å². The fourth-order valence-corrected chi connectivity index (χ4v) is 7.30. The Morgan fingerprint density at radius 3 is 2.22 bits per heavy atom. The predicted octanol–water partition coefficient (Wildman–Crippen LogP) is 4.53. The molecule has 4 rings (SSSR count). The molecule has 192 valence electrons. The Balaban J connectivity index is 2.13. The Labute approximate surface area is 210 Å². The maximum atomic E-state index is 14.2. The molecule has 0 radical (unpaired) electrons. The minimum Gasteiger partial charge on any atom is -0.508 e. The van der Waals surface area contributed by atoms with Gasteiger partial charge in [-0.25, -0.2) is 0 Å². The number of benzene rings is 1. The number of phenolic OH excluding ortho intramolecular Hbond substituents is 1. The van der Waals surface area contributed by atoms with Gasteiger partial charge in [0.1, 0.15) is 22.8 Å². The molecule has 0 spiro atoms. The van der Waals surface area contributed by atoms with Crippen LogP contribution in [0.2, 0.25) is 0 Å². The molecule has 1 fully saturated rings. The summed E-state index contributed by atoms with van der Waals surface area (Å²) < 4.78 is 0. The van der Waals surface area contributed by atoms with E-state index in [-0.39, 0.29) is 35.6 Å². The number of phenols is 1. The molecule has 3 aliphatic rings. The van der Waals surface area contributed by atoms with Gasteiger partial charge >= 0.3 is 0 Å². The van der Waals surface area contributed by atoms with Gasteiger partial charge in [-0.05, 0) is 62.3 Å². The zero-order chi connectivity index (χ0) is 27.3. The summed E-state index contributed by atoms with van der Waals surface area (Å²) in [5.41, 5.74) is -3.14. The normalized spacial score (nSPS) is 31.9. The van der Waals surface area contributed by atoms with Crippen LogP contribution in [0.5, 0.6) is 5.75 Å². The van der Waals surface area contributed by atoms with Crippen LogP contribution in [0.1, 0.15) is 70.2 Å². The van der Waals surface area contributed by atoms with Gasteiger partial charge in [0.2, 0.25) is 5.78 Å². The largest absolute Gasteiger partial charge is 0.508 e. The summed E-state index contributed by atoms with van der Waals surface area (Å²) in [4.78, 5) is 40.2. The number of allylic oxidation sites excluding steroid dienone is 2. The first-order valence-electron chi connectivity index (χ1n) is 12.2. The molecule has 7 heteroatoms. The van der Waals surface area contributed by atoms with Gasteiger partial charge in [-0.1, -0.05) is 39.8 Å². The number of aliphatic hydroxyl groups excluding tert-OH is 2. The molecule has 0 aliphatic heterocycles. The smallest absolute Gasteiger partial charge is 0.203 e. The average Bonchev–Trinajstić information content (AvgIpc) is 2.72. The number of carbonyl (C=O) groups is 3. The number of carbonyl (C=O) groups excluding carboxylic acids is 3. The average molecular weight is 495 g/mol. The quantitative estimate of drug-likeness (QED) is 0.454. The van der Waals surface area contributed by atoms with E-state index in [0.29, 0.717) is 11.1 Å². The highest BCUT2D eigenvalue weighted by Gasteiger charge is 2.72. The van der Waals surface area contributed by atoms with Gasteiger partial charge in [-0.15, -0.1) is 0 Å². The molecular formula is C29H34O7. The fraction of sp³-hybridized carbons (Fsp3) is 0.483. The molecule has 4 N–H and O–H groups in total. The Morgan fingerprint density at radius 1 is 1.14 bits per heavy atom. The van der Waals surface area contributed by atoms with E-state index < -0.39 is 56.8 Å². The van der Waals surface area contributed by atoms with Crippen molar-refractivity contribution in [2.75, 3.05) is 0 Å². The standard InChI is InChI=1S/C29H34O7/c1-12(2)16-9-14(5)22(31)19-17(16)10-27(7)11-28(8)20(13(3)4)23(32)18(15(6)30)25(34)29(28,36)26(35)21(27)24(19)33/h9,13,20,31,33-34,36H,1,10-11H2,2-8H3/t20?,27-,28-,29+/m1/s1. The fourth-order valence-electron chi connectivity index (χ4n) is 7.30. The molecule has 0 heterocycles. The van der Waals surface area contributed by atoms with Crippen LogP contribution in [-0.2, 0) is 20.8 Å². The van der Waals surface area contributed by atoms with Crippen molar-refractivity contribution in [3.05, 3.63) is 51.8 Å². The van der Waals surface area contributed by atoms with Crippen LogP contribution in [0.15, 0.2) is 29.6 Å². The first kappa shape index (κ1) is 25.9. The number of aromatic hydroxyl groups is 1. The highest BCUT2D eigenvalue weighted by Crippen LogP contribution is 2.65. The van der Waals surface area contributed by atoms with E-state index in [1.807, 2.05) is 6.92 Å². The summed E-state index contributed by atoms with van der Waals surface area (Å²) in [5, 5.41) is 45.6. The lowest BCUT2D eigenvalue weighted by molar-refractivity contribution is -0.178. The highest BCUT2D eigenvalue weighted by molar-refractivity contribution is 6.24. The van der Waals surface area contributed by atoms with E-state index >= 15 is 0 Å². The number of hydrogen-bond donors (Lipinski definition) is 4. The van der Waals surface area contributed by atoms with Crippen molar-refractivity contribution in [2.45, 2.75) is 66.9 Å². The Bertz CT molecular complexity index is 1340. The topological polar surface area (TPSA) is 132 Å². The molecular weight excluding hydrogens is 460 g/mol. The minimum atomic E-state index is -2.60. The Hall–Kier alpha value is -3.19. The van der Waals surface area contributed by atoms with Crippen molar-refractivity contribution in [3.63, 3.8) is 0 Å². The van der Waals surface area contributed by atoms with Crippen molar-refractivity contribution in [1.82, 2.24) is 0 Å². The van der Waals surface area contributed by atoms with E-state index in [0.717, 1.165) is 18.1 Å². The predicted molar refractivity (Wildman–Crippen MR) is 135 cm³/mol. The van der Waals surface area contributed by atoms with Gasteiger partial charge in [0.05, 0.1) is 5.56 Å². The van der Waals surface area contributed by atoms with Crippen LogP contribution in [0.3, 0.4) is 0 Å². The molecule has 1 unspecified atom stereocenters. The second-order valence-electron chi connectivity index (χ2n) is 11.7. The molecule has 7 nitrogen and oxygen atoms in total. The first-order chi connectivity index (χ1) is 16.5. The molecule has 0 amide bonds. The lowest BCUT2D eigenvalue weighted by atomic mass is 9.43. The van der Waals surface area contributed by atoms with Crippen molar-refractivity contribution in [1.29, 1.82) is 0 Å². The zero-order valence-corrected chi connectivity index (χ0v) is 21.9. The van der Waals surface area contributed by atoms with Gasteiger partial charge in [-0.3, -0.25) is 14.4 Å². The second kappa shape index (κ2) is 7.65. The van der Waals surface area contributed by atoms with Crippen molar-refractivity contribution < 1.29 is 34.8 Å². The molecule has 0 bridgehead atoms. The first-order valence-corrected chi connectivity index (χ1v) is 12.2. The van der Waals surface area contributed by atoms with E-state index in [9.17, 15) is 34.8 Å². The Morgan fingerprint density at radius 2 is 1.72 bits per heavy atom. The van der Waals surface area contributed by atoms with Crippen molar-refractivity contribution >= 4 is 28.7 Å². The highest BCUT2D eigenvalue weighted by atomic mass is 16.3. The van der Waals surface area contributed by atoms with Gasteiger partial charge in [0.25, 0.3) is 0 Å². The van der Waals surface area contributed by atoms with Gasteiger partial charge in [0.15, 0.2) is 17.2 Å². The number of rotatable bonds is 3. The monoisotopic (exact) mass is 494 g/mol. The number of hydrogen-bond acceptors (Lipinski definition) is 7. The maximum Gasteiger partial charge on any atom is 0.203 e. The van der Waals surface area contributed by atoms with E-state index in [1.54, 1.807) is 40.7 Å². The van der Waals surface area contributed by atoms with E-state index in [4.69, 9.17) is 0 Å². The number of fused-ring (bicyclic) bond motifs is 3. The molecule has 0 saturated heterocycles. The van der Waals surface area contributed by atoms with Crippen LogP contribution in [0.4, 0.5) is 0 Å². The third-order valence-electron chi connectivity index (χ3n) is 8.66.